The lowest BCUT2D eigenvalue weighted by molar-refractivity contribution is 0.102. The predicted molar refractivity (Wildman–Crippen MR) is 100.0 cm³/mol. The van der Waals surface area contributed by atoms with Gasteiger partial charge < -0.3 is 5.32 Å². The molecule has 0 bridgehead atoms. The molecular formula is C18H14ClN3O3S. The third-order valence-corrected chi connectivity index (χ3v) is 4.99. The average molecular weight is 388 g/mol. The van der Waals surface area contributed by atoms with Crippen LogP contribution in [0, 0.1) is 0 Å². The highest BCUT2D eigenvalue weighted by atomic mass is 35.5. The van der Waals surface area contributed by atoms with E-state index in [0.717, 1.165) is 11.8 Å². The normalized spacial score (nSPS) is 11.2. The van der Waals surface area contributed by atoms with Gasteiger partial charge in [0.15, 0.2) is 15.7 Å². The Morgan fingerprint density at radius 3 is 2.31 bits per heavy atom. The van der Waals surface area contributed by atoms with Crippen molar-refractivity contribution in [2.75, 3.05) is 11.6 Å². The van der Waals surface area contributed by atoms with Crippen LogP contribution in [0.25, 0.3) is 11.4 Å². The summed E-state index contributed by atoms with van der Waals surface area (Å²) in [5.74, 6) is -0.0164. The van der Waals surface area contributed by atoms with Crippen molar-refractivity contribution in [3.8, 4) is 11.4 Å². The van der Waals surface area contributed by atoms with Crippen LogP contribution >= 0.6 is 11.6 Å². The summed E-state index contributed by atoms with van der Waals surface area (Å²) in [6, 6.07) is 13.4. The number of hydrogen-bond donors (Lipinski definition) is 1. The first kappa shape index (κ1) is 18.0. The molecule has 1 N–H and O–H groups in total. The molecule has 0 atom stereocenters. The second-order valence-corrected chi connectivity index (χ2v) is 7.95. The van der Waals surface area contributed by atoms with E-state index in [1.54, 1.807) is 0 Å². The van der Waals surface area contributed by atoms with E-state index in [-0.39, 0.29) is 15.5 Å². The molecule has 0 aliphatic carbocycles. The van der Waals surface area contributed by atoms with Gasteiger partial charge in [0, 0.05) is 11.8 Å². The summed E-state index contributed by atoms with van der Waals surface area (Å²) in [6.07, 6.45) is 4.01. The predicted octanol–water partition coefficient (Wildman–Crippen LogP) is 3.45. The van der Waals surface area contributed by atoms with Gasteiger partial charge in [-0.3, -0.25) is 4.79 Å². The molecule has 1 heterocycles. The molecule has 26 heavy (non-hydrogen) atoms. The standard InChI is InChI=1S/C18H14ClN3O3S/c1-26(24,25)14-7-8-16(19)15(9-14)18(23)22-13-10-20-17(21-11-13)12-5-3-2-4-6-12/h2-11H,1H3,(H,22,23). The van der Waals surface area contributed by atoms with Gasteiger partial charge in [-0.1, -0.05) is 41.9 Å². The summed E-state index contributed by atoms with van der Waals surface area (Å²) in [7, 11) is -3.45. The average Bonchev–Trinajstić information content (AvgIpc) is 2.62. The van der Waals surface area contributed by atoms with Crippen LogP contribution < -0.4 is 5.32 Å². The highest BCUT2D eigenvalue weighted by molar-refractivity contribution is 7.90. The summed E-state index contributed by atoms with van der Waals surface area (Å²) in [5.41, 5.74) is 1.28. The minimum absolute atomic E-state index is 0.0164. The van der Waals surface area contributed by atoms with Crippen molar-refractivity contribution in [1.82, 2.24) is 9.97 Å². The van der Waals surface area contributed by atoms with E-state index < -0.39 is 15.7 Å². The fourth-order valence-electron chi connectivity index (χ4n) is 2.24. The van der Waals surface area contributed by atoms with E-state index in [4.69, 9.17) is 11.6 Å². The lowest BCUT2D eigenvalue weighted by Gasteiger charge is -2.08. The van der Waals surface area contributed by atoms with E-state index in [0.29, 0.717) is 11.5 Å². The molecule has 0 unspecified atom stereocenters. The lowest BCUT2D eigenvalue weighted by atomic mass is 10.2. The second kappa shape index (κ2) is 7.23. The third-order valence-electron chi connectivity index (χ3n) is 3.55. The molecule has 0 saturated heterocycles. The maximum absolute atomic E-state index is 12.4. The van der Waals surface area contributed by atoms with Crippen molar-refractivity contribution < 1.29 is 13.2 Å². The summed E-state index contributed by atoms with van der Waals surface area (Å²) in [4.78, 5) is 20.9. The SMILES string of the molecule is CS(=O)(=O)c1ccc(Cl)c(C(=O)Nc2cnc(-c3ccccc3)nc2)c1. The van der Waals surface area contributed by atoms with E-state index >= 15 is 0 Å². The van der Waals surface area contributed by atoms with Crippen LogP contribution in [0.1, 0.15) is 10.4 Å². The van der Waals surface area contributed by atoms with Gasteiger partial charge in [-0.15, -0.1) is 0 Å². The zero-order chi connectivity index (χ0) is 18.7. The number of sulfone groups is 1. The minimum atomic E-state index is -3.45. The molecule has 0 spiro atoms. The number of nitrogens with one attached hydrogen (secondary N) is 1. The van der Waals surface area contributed by atoms with Gasteiger partial charge >= 0.3 is 0 Å². The number of benzene rings is 2. The van der Waals surface area contributed by atoms with Crippen molar-refractivity contribution in [1.29, 1.82) is 0 Å². The highest BCUT2D eigenvalue weighted by Crippen LogP contribution is 2.22. The number of carbonyl (C=O) groups is 1. The Hall–Kier alpha value is -2.77. The first-order valence-corrected chi connectivity index (χ1v) is 9.80. The van der Waals surface area contributed by atoms with Gasteiger partial charge in [-0.05, 0) is 18.2 Å². The summed E-state index contributed by atoms with van der Waals surface area (Å²) in [5, 5.41) is 2.76. The minimum Gasteiger partial charge on any atom is -0.319 e. The first-order chi connectivity index (χ1) is 12.3. The molecule has 0 aliphatic heterocycles. The first-order valence-electron chi connectivity index (χ1n) is 7.53. The van der Waals surface area contributed by atoms with Crippen molar-refractivity contribution >= 4 is 33.0 Å². The van der Waals surface area contributed by atoms with Crippen molar-refractivity contribution in [2.45, 2.75) is 4.90 Å². The Bertz CT molecular complexity index is 1050. The fourth-order valence-corrected chi connectivity index (χ4v) is 3.09. The number of carbonyl (C=O) groups excluding carboxylic acids is 1. The largest absolute Gasteiger partial charge is 0.319 e. The van der Waals surface area contributed by atoms with Gasteiger partial charge in [0.1, 0.15) is 0 Å². The zero-order valence-electron chi connectivity index (χ0n) is 13.7. The summed E-state index contributed by atoms with van der Waals surface area (Å²) in [6.45, 7) is 0. The van der Waals surface area contributed by atoms with E-state index in [9.17, 15) is 13.2 Å². The number of halogens is 1. The van der Waals surface area contributed by atoms with Crippen molar-refractivity contribution in [3.63, 3.8) is 0 Å². The van der Waals surface area contributed by atoms with Gasteiger partial charge in [0.25, 0.3) is 5.91 Å². The number of rotatable bonds is 4. The molecule has 0 fully saturated rings. The van der Waals surface area contributed by atoms with Gasteiger partial charge in [0.2, 0.25) is 0 Å². The van der Waals surface area contributed by atoms with E-state index in [1.807, 2.05) is 30.3 Å². The third kappa shape index (κ3) is 4.07. The van der Waals surface area contributed by atoms with Crippen LogP contribution in [0.5, 0.6) is 0 Å². The topological polar surface area (TPSA) is 89.0 Å². The summed E-state index contributed by atoms with van der Waals surface area (Å²) >= 11 is 6.03. The number of aromatic nitrogens is 2. The molecular weight excluding hydrogens is 374 g/mol. The lowest BCUT2D eigenvalue weighted by Crippen LogP contribution is -2.14. The quantitative estimate of drug-likeness (QED) is 0.740. The van der Waals surface area contributed by atoms with Gasteiger partial charge in [0.05, 0.1) is 33.6 Å². The zero-order valence-corrected chi connectivity index (χ0v) is 15.3. The molecule has 0 saturated carbocycles. The molecule has 1 amide bonds. The van der Waals surface area contributed by atoms with Crippen LogP contribution in [0.15, 0.2) is 65.8 Å². The molecule has 8 heteroatoms. The maximum Gasteiger partial charge on any atom is 0.257 e. The van der Waals surface area contributed by atoms with Crippen LogP contribution in [0.2, 0.25) is 5.02 Å². The molecule has 0 aliphatic rings. The number of hydrogen-bond acceptors (Lipinski definition) is 5. The molecule has 132 valence electrons. The monoisotopic (exact) mass is 387 g/mol. The fraction of sp³-hybridized carbons (Fsp3) is 0.0556. The summed E-state index contributed by atoms with van der Waals surface area (Å²) < 4.78 is 23.3. The van der Waals surface area contributed by atoms with Gasteiger partial charge in [-0.2, -0.15) is 0 Å². The van der Waals surface area contributed by atoms with E-state index in [2.05, 4.69) is 15.3 Å². The Morgan fingerprint density at radius 1 is 1.04 bits per heavy atom. The number of anilines is 1. The Balaban J connectivity index is 1.82. The van der Waals surface area contributed by atoms with Crippen molar-refractivity contribution in [2.24, 2.45) is 0 Å². The molecule has 3 aromatic rings. The molecule has 3 rings (SSSR count). The van der Waals surface area contributed by atoms with Crippen LogP contribution in [-0.2, 0) is 9.84 Å². The maximum atomic E-state index is 12.4. The number of nitrogens with zero attached hydrogens (tertiary/aromatic N) is 2. The molecule has 6 nitrogen and oxygen atoms in total. The van der Waals surface area contributed by atoms with Crippen molar-refractivity contribution in [3.05, 3.63) is 71.5 Å². The Labute approximate surface area is 155 Å². The van der Waals surface area contributed by atoms with Gasteiger partial charge in [-0.25, -0.2) is 18.4 Å². The smallest absolute Gasteiger partial charge is 0.257 e. The van der Waals surface area contributed by atoms with E-state index in [1.165, 1.54) is 30.6 Å². The Kier molecular flexibility index (Phi) is 5.01. The Morgan fingerprint density at radius 2 is 1.69 bits per heavy atom. The molecule has 2 aromatic carbocycles. The molecule has 1 aromatic heterocycles. The van der Waals surface area contributed by atoms with Crippen LogP contribution in [0.4, 0.5) is 5.69 Å². The van der Waals surface area contributed by atoms with Crippen LogP contribution in [-0.4, -0.2) is 30.5 Å². The second-order valence-electron chi connectivity index (χ2n) is 5.53. The highest BCUT2D eigenvalue weighted by Gasteiger charge is 2.16. The molecule has 0 radical (unpaired) electrons. The number of amides is 1. The van der Waals surface area contributed by atoms with Crippen LogP contribution in [0.3, 0.4) is 0 Å².